The van der Waals surface area contributed by atoms with E-state index in [0.717, 1.165) is 38.4 Å². The molecule has 0 bridgehead atoms. The van der Waals surface area contributed by atoms with Gasteiger partial charge >= 0.3 is 0 Å². The van der Waals surface area contributed by atoms with E-state index in [0.29, 0.717) is 18.0 Å². The molecule has 0 aliphatic rings. The predicted octanol–water partition coefficient (Wildman–Crippen LogP) is 5.16. The fourth-order valence-electron chi connectivity index (χ4n) is 3.56. The van der Waals surface area contributed by atoms with Crippen LogP contribution in [0.3, 0.4) is 0 Å². The Morgan fingerprint density at radius 1 is 1.07 bits per heavy atom. The summed E-state index contributed by atoms with van der Waals surface area (Å²) in [6.07, 6.45) is 1.80. The number of methoxy groups -OCH3 is 1. The number of aromatic nitrogens is 1. The Hall–Kier alpha value is -3.75. The van der Waals surface area contributed by atoms with Gasteiger partial charge in [-0.1, -0.05) is 48.5 Å². The predicted molar refractivity (Wildman–Crippen MR) is 117 cm³/mol. The number of pyridine rings is 1. The molecule has 0 atom stereocenters. The summed E-state index contributed by atoms with van der Waals surface area (Å²) in [5.74, 6) is 0.431. The van der Waals surface area contributed by atoms with E-state index < -0.39 is 0 Å². The van der Waals surface area contributed by atoms with Gasteiger partial charge in [0.1, 0.15) is 11.6 Å². The quantitative estimate of drug-likeness (QED) is 0.295. The van der Waals surface area contributed by atoms with Crippen LogP contribution in [-0.4, -0.2) is 18.3 Å². The first-order chi connectivity index (χ1) is 14.2. The number of fused-ring (bicyclic) bond motifs is 2. The molecule has 0 unspecified atom stereocenters. The Bertz CT molecular complexity index is 1220. The molecule has 0 fully saturated rings. The first-order valence-electron chi connectivity index (χ1n) is 9.30. The maximum absolute atomic E-state index is 9.58. The third-order valence-corrected chi connectivity index (χ3v) is 4.82. The molecule has 1 N–H and O–H groups in total. The van der Waals surface area contributed by atoms with E-state index in [9.17, 15) is 5.26 Å². The average Bonchev–Trinajstić information content (AvgIpc) is 2.73. The highest BCUT2D eigenvalue weighted by molar-refractivity contribution is 6.13. The first-order valence-corrected chi connectivity index (χ1v) is 9.30. The molecular weight excluding hydrogens is 360 g/mol. The maximum Gasteiger partial charge on any atom is 0.164 e. The van der Waals surface area contributed by atoms with E-state index in [-0.39, 0.29) is 0 Å². The zero-order valence-electron chi connectivity index (χ0n) is 16.3. The number of hydrogen-bond donors (Lipinski definition) is 1. The largest absolute Gasteiger partial charge is 0.380 e. The second-order valence-electron chi connectivity index (χ2n) is 6.79. The third kappa shape index (κ3) is 3.66. The molecule has 1 heterocycles. The minimum Gasteiger partial charge on any atom is -0.380 e. The molecule has 0 radical (unpaired) electrons. The zero-order valence-corrected chi connectivity index (χ0v) is 16.3. The summed E-state index contributed by atoms with van der Waals surface area (Å²) in [5.41, 5.74) is 6.01. The van der Waals surface area contributed by atoms with Gasteiger partial charge in [0.15, 0.2) is 5.82 Å². The molecule has 4 aromatic rings. The molecule has 1 aromatic heterocycles. The SMILES string of the molecule is COCc1cc(C)nc(NN=Cc2c3ccccc3cc3ccccc23)c1C#N. The zero-order chi connectivity index (χ0) is 20.2. The molecule has 5 nitrogen and oxygen atoms in total. The number of aryl methyl sites for hydroxylation is 1. The number of hydrogen-bond acceptors (Lipinski definition) is 5. The number of nitrogens with zero attached hydrogens (tertiary/aromatic N) is 3. The number of nitriles is 1. The lowest BCUT2D eigenvalue weighted by Crippen LogP contribution is -2.03. The van der Waals surface area contributed by atoms with Crippen molar-refractivity contribution in [2.45, 2.75) is 13.5 Å². The highest BCUT2D eigenvalue weighted by Gasteiger charge is 2.11. The summed E-state index contributed by atoms with van der Waals surface area (Å²) in [6, 6.07) is 22.7. The molecule has 0 saturated heterocycles. The van der Waals surface area contributed by atoms with E-state index >= 15 is 0 Å². The molecule has 142 valence electrons. The van der Waals surface area contributed by atoms with Gasteiger partial charge in [0.25, 0.3) is 0 Å². The van der Waals surface area contributed by atoms with E-state index in [4.69, 9.17) is 4.74 Å². The summed E-state index contributed by atoms with van der Waals surface area (Å²) in [5, 5.41) is 18.6. The summed E-state index contributed by atoms with van der Waals surface area (Å²) in [7, 11) is 1.60. The molecule has 29 heavy (non-hydrogen) atoms. The van der Waals surface area contributed by atoms with Crippen molar-refractivity contribution >= 4 is 33.6 Å². The monoisotopic (exact) mass is 380 g/mol. The van der Waals surface area contributed by atoms with Crippen LogP contribution in [0.25, 0.3) is 21.5 Å². The maximum atomic E-state index is 9.58. The van der Waals surface area contributed by atoms with Crippen molar-refractivity contribution in [1.29, 1.82) is 5.26 Å². The molecule has 5 heteroatoms. The highest BCUT2D eigenvalue weighted by Crippen LogP contribution is 2.27. The van der Waals surface area contributed by atoms with Crippen molar-refractivity contribution in [3.8, 4) is 6.07 Å². The van der Waals surface area contributed by atoms with Gasteiger partial charge in [0.2, 0.25) is 0 Å². The lowest BCUT2D eigenvalue weighted by atomic mass is 9.97. The van der Waals surface area contributed by atoms with Crippen molar-refractivity contribution < 1.29 is 4.74 Å². The van der Waals surface area contributed by atoms with Gasteiger partial charge in [-0.05, 0) is 40.6 Å². The number of hydrazone groups is 1. The second-order valence-corrected chi connectivity index (χ2v) is 6.79. The molecule has 0 saturated carbocycles. The van der Waals surface area contributed by atoms with Crippen LogP contribution >= 0.6 is 0 Å². The number of ether oxygens (including phenoxy) is 1. The molecule has 0 spiro atoms. The minimum absolute atomic E-state index is 0.346. The molecule has 0 amide bonds. The smallest absolute Gasteiger partial charge is 0.164 e. The first kappa shape index (κ1) is 18.6. The van der Waals surface area contributed by atoms with Crippen LogP contribution in [0.15, 0.2) is 65.8 Å². The number of anilines is 1. The summed E-state index contributed by atoms with van der Waals surface area (Å²) in [6.45, 7) is 2.23. The molecule has 3 aromatic carbocycles. The van der Waals surface area contributed by atoms with E-state index in [1.165, 1.54) is 0 Å². The van der Waals surface area contributed by atoms with Crippen LogP contribution < -0.4 is 5.43 Å². The van der Waals surface area contributed by atoms with Crippen LogP contribution in [0.4, 0.5) is 5.82 Å². The molecular formula is C24H20N4O. The van der Waals surface area contributed by atoms with Crippen LogP contribution in [0.5, 0.6) is 0 Å². The fraction of sp³-hybridized carbons (Fsp3) is 0.125. The molecule has 0 aliphatic heterocycles. The lowest BCUT2D eigenvalue weighted by Gasteiger charge is -2.10. The number of nitrogens with one attached hydrogen (secondary N) is 1. The third-order valence-electron chi connectivity index (χ3n) is 4.82. The Labute approximate surface area is 169 Å². The standard InChI is InChI=1S/C24H20N4O/c1-16-11-19(15-29-2)22(13-25)24(27-16)28-26-14-23-20-9-5-3-7-17(20)12-18-8-4-6-10-21(18)23/h3-12,14H,15H2,1-2H3,(H,27,28). The Morgan fingerprint density at radius 2 is 1.72 bits per heavy atom. The van der Waals surface area contributed by atoms with Crippen LogP contribution in [-0.2, 0) is 11.3 Å². The Balaban J connectivity index is 1.77. The van der Waals surface area contributed by atoms with Crippen LogP contribution in [0, 0.1) is 18.3 Å². The minimum atomic E-state index is 0.346. The van der Waals surface area contributed by atoms with Crippen molar-refractivity contribution in [1.82, 2.24) is 4.98 Å². The average molecular weight is 380 g/mol. The van der Waals surface area contributed by atoms with Crippen molar-refractivity contribution in [2.24, 2.45) is 5.10 Å². The van der Waals surface area contributed by atoms with Gasteiger partial charge in [-0.3, -0.25) is 5.43 Å². The normalized spacial score (nSPS) is 11.2. The number of rotatable bonds is 5. The van der Waals surface area contributed by atoms with Crippen molar-refractivity contribution in [3.05, 3.63) is 83.0 Å². The Morgan fingerprint density at radius 3 is 2.34 bits per heavy atom. The van der Waals surface area contributed by atoms with Gasteiger partial charge in [-0.25, -0.2) is 4.98 Å². The summed E-state index contributed by atoms with van der Waals surface area (Å²) >= 11 is 0. The lowest BCUT2D eigenvalue weighted by molar-refractivity contribution is 0.184. The van der Waals surface area contributed by atoms with Crippen LogP contribution in [0.2, 0.25) is 0 Å². The van der Waals surface area contributed by atoms with Crippen LogP contribution in [0.1, 0.15) is 22.4 Å². The van der Waals surface area contributed by atoms with Gasteiger partial charge in [0, 0.05) is 23.9 Å². The summed E-state index contributed by atoms with van der Waals surface area (Å²) < 4.78 is 5.21. The van der Waals surface area contributed by atoms with Crippen molar-refractivity contribution in [3.63, 3.8) is 0 Å². The number of benzene rings is 3. The van der Waals surface area contributed by atoms with Gasteiger partial charge in [0.05, 0.1) is 12.8 Å². The van der Waals surface area contributed by atoms with Gasteiger partial charge < -0.3 is 4.74 Å². The fourth-order valence-corrected chi connectivity index (χ4v) is 3.56. The molecule has 4 rings (SSSR count). The van der Waals surface area contributed by atoms with Crippen molar-refractivity contribution in [2.75, 3.05) is 12.5 Å². The molecule has 0 aliphatic carbocycles. The summed E-state index contributed by atoms with van der Waals surface area (Å²) in [4.78, 5) is 4.44. The van der Waals surface area contributed by atoms with Gasteiger partial charge in [-0.2, -0.15) is 10.4 Å². The highest BCUT2D eigenvalue weighted by atomic mass is 16.5. The second kappa shape index (κ2) is 8.09. The van der Waals surface area contributed by atoms with Gasteiger partial charge in [-0.15, -0.1) is 0 Å². The van der Waals surface area contributed by atoms with E-state index in [2.05, 4.69) is 51.9 Å². The Kier molecular flexibility index (Phi) is 5.19. The van der Waals surface area contributed by atoms with E-state index in [1.54, 1.807) is 13.3 Å². The van der Waals surface area contributed by atoms with E-state index in [1.807, 2.05) is 37.3 Å². The topological polar surface area (TPSA) is 70.3 Å².